The molecule has 1 heterocycles. The number of thiophene rings is 1. The van der Waals surface area contributed by atoms with E-state index in [9.17, 15) is 13.2 Å². The first kappa shape index (κ1) is 18.7. The van der Waals surface area contributed by atoms with E-state index in [1.807, 2.05) is 5.38 Å². The number of carbonyl (C=O) groups excluding carboxylic acids is 1. The summed E-state index contributed by atoms with van der Waals surface area (Å²) < 4.78 is 30.4. The first-order chi connectivity index (χ1) is 12.3. The van der Waals surface area contributed by atoms with Crippen LogP contribution in [0, 0.1) is 5.92 Å². The monoisotopic (exact) mass is 394 g/mol. The number of amides is 1. The highest BCUT2D eigenvalue weighted by Crippen LogP contribution is 2.34. The molecule has 1 aliphatic carbocycles. The zero-order chi connectivity index (χ0) is 18.9. The third-order valence-corrected chi connectivity index (χ3v) is 6.04. The number of rotatable bonds is 5. The predicted molar refractivity (Wildman–Crippen MR) is 105 cm³/mol. The van der Waals surface area contributed by atoms with Crippen LogP contribution in [0.2, 0.25) is 0 Å². The minimum atomic E-state index is -3.41. The van der Waals surface area contributed by atoms with Crippen molar-refractivity contribution in [1.29, 1.82) is 0 Å². The maximum atomic E-state index is 12.7. The van der Waals surface area contributed by atoms with Crippen molar-refractivity contribution in [3.63, 3.8) is 0 Å². The maximum absolute atomic E-state index is 12.7. The number of sulfonamides is 1. The van der Waals surface area contributed by atoms with E-state index in [0.717, 1.165) is 36.6 Å². The van der Waals surface area contributed by atoms with Crippen molar-refractivity contribution < 1.29 is 17.9 Å². The normalized spacial score (nSPS) is 16.7. The quantitative estimate of drug-likeness (QED) is 0.813. The van der Waals surface area contributed by atoms with E-state index < -0.39 is 10.0 Å². The molecular weight excluding hydrogens is 372 g/mol. The van der Waals surface area contributed by atoms with Crippen LogP contribution >= 0.6 is 11.3 Å². The van der Waals surface area contributed by atoms with E-state index in [4.69, 9.17) is 4.74 Å². The summed E-state index contributed by atoms with van der Waals surface area (Å²) in [6.45, 7) is 2.24. The van der Waals surface area contributed by atoms with E-state index in [-0.39, 0.29) is 5.91 Å². The van der Waals surface area contributed by atoms with Gasteiger partial charge in [0.25, 0.3) is 5.91 Å². The van der Waals surface area contributed by atoms with Crippen LogP contribution in [0.15, 0.2) is 23.6 Å². The summed E-state index contributed by atoms with van der Waals surface area (Å²) in [5, 5.41) is 4.81. The van der Waals surface area contributed by atoms with Crippen LogP contribution in [0.5, 0.6) is 5.75 Å². The summed E-state index contributed by atoms with van der Waals surface area (Å²) in [6.07, 6.45) is 4.14. The molecule has 3 rings (SSSR count). The van der Waals surface area contributed by atoms with Crippen molar-refractivity contribution in [3.05, 3.63) is 39.6 Å². The van der Waals surface area contributed by atoms with Crippen molar-refractivity contribution >= 4 is 38.6 Å². The van der Waals surface area contributed by atoms with Crippen molar-refractivity contribution in [2.75, 3.05) is 23.4 Å². The molecule has 2 N–H and O–H groups in total. The van der Waals surface area contributed by atoms with Crippen molar-refractivity contribution in [2.24, 2.45) is 5.92 Å². The van der Waals surface area contributed by atoms with Crippen molar-refractivity contribution in [2.45, 2.75) is 26.2 Å². The molecule has 1 aromatic carbocycles. The average molecular weight is 395 g/mol. The van der Waals surface area contributed by atoms with Gasteiger partial charge in [0.05, 0.1) is 24.6 Å². The lowest BCUT2D eigenvalue weighted by Gasteiger charge is -2.19. The maximum Gasteiger partial charge on any atom is 0.256 e. The Morgan fingerprint density at radius 3 is 2.81 bits per heavy atom. The van der Waals surface area contributed by atoms with Gasteiger partial charge in [-0.2, -0.15) is 0 Å². The van der Waals surface area contributed by atoms with Gasteiger partial charge in [0.2, 0.25) is 10.0 Å². The van der Waals surface area contributed by atoms with Gasteiger partial charge in [0.15, 0.2) is 0 Å². The minimum Gasteiger partial charge on any atom is -0.494 e. The Hall–Kier alpha value is -2.06. The number of benzene rings is 1. The molecule has 0 radical (unpaired) electrons. The summed E-state index contributed by atoms with van der Waals surface area (Å²) in [5.74, 6) is 0.855. The molecule has 1 atom stereocenters. The van der Waals surface area contributed by atoms with Crippen LogP contribution < -0.4 is 14.8 Å². The smallest absolute Gasteiger partial charge is 0.256 e. The number of fused-ring (bicyclic) bond motifs is 1. The summed E-state index contributed by atoms with van der Waals surface area (Å²) in [6, 6.07) is 4.82. The number of hydrogen-bond acceptors (Lipinski definition) is 5. The fraction of sp³-hybridized carbons (Fsp3) is 0.389. The highest BCUT2D eigenvalue weighted by Gasteiger charge is 2.23. The Morgan fingerprint density at radius 2 is 2.12 bits per heavy atom. The molecular formula is C18H22N2O4S2. The lowest BCUT2D eigenvalue weighted by Crippen LogP contribution is -2.16. The number of anilines is 2. The molecule has 2 aromatic rings. The van der Waals surface area contributed by atoms with E-state index in [1.54, 1.807) is 29.5 Å². The highest BCUT2D eigenvalue weighted by atomic mass is 32.2. The fourth-order valence-corrected chi connectivity index (χ4v) is 4.93. The van der Waals surface area contributed by atoms with Gasteiger partial charge in [0, 0.05) is 22.0 Å². The van der Waals surface area contributed by atoms with Gasteiger partial charge in [-0.25, -0.2) is 8.42 Å². The van der Waals surface area contributed by atoms with Gasteiger partial charge in [-0.3, -0.25) is 9.52 Å². The fourth-order valence-electron chi connectivity index (χ4n) is 3.12. The van der Waals surface area contributed by atoms with Crippen LogP contribution in [0.1, 0.15) is 34.1 Å². The van der Waals surface area contributed by atoms with E-state index in [0.29, 0.717) is 23.0 Å². The van der Waals surface area contributed by atoms with E-state index in [1.165, 1.54) is 12.0 Å². The summed E-state index contributed by atoms with van der Waals surface area (Å²) >= 11 is 1.65. The largest absolute Gasteiger partial charge is 0.494 e. The topological polar surface area (TPSA) is 84.5 Å². The Labute approximate surface area is 157 Å². The van der Waals surface area contributed by atoms with E-state index in [2.05, 4.69) is 17.0 Å². The highest BCUT2D eigenvalue weighted by molar-refractivity contribution is 7.92. The molecule has 1 amide bonds. The molecule has 140 valence electrons. The lowest BCUT2D eigenvalue weighted by atomic mass is 9.88. The molecule has 0 fully saturated rings. The molecule has 8 heteroatoms. The van der Waals surface area contributed by atoms with Crippen LogP contribution in [0.4, 0.5) is 11.4 Å². The summed E-state index contributed by atoms with van der Waals surface area (Å²) in [7, 11) is -1.96. The Kier molecular flexibility index (Phi) is 5.24. The molecule has 26 heavy (non-hydrogen) atoms. The van der Waals surface area contributed by atoms with Crippen LogP contribution in [-0.4, -0.2) is 27.7 Å². The molecule has 0 aliphatic heterocycles. The predicted octanol–water partition coefficient (Wildman–Crippen LogP) is 3.51. The van der Waals surface area contributed by atoms with Gasteiger partial charge in [-0.1, -0.05) is 6.92 Å². The van der Waals surface area contributed by atoms with Gasteiger partial charge in [-0.15, -0.1) is 11.3 Å². The number of carbonyl (C=O) groups is 1. The zero-order valence-electron chi connectivity index (χ0n) is 15.0. The standard InChI is InChI=1S/C18H22N2O4S2/c1-11-4-6-13-14(10-25-17(13)8-11)18(21)19-12-5-7-15(16(9-12)24-2)20-26(3,22)23/h5,7,9-11,20H,4,6,8H2,1-3H3,(H,19,21). The van der Waals surface area contributed by atoms with Crippen LogP contribution in [-0.2, 0) is 22.9 Å². The molecule has 0 saturated heterocycles. The third-order valence-electron chi connectivity index (χ3n) is 4.40. The summed E-state index contributed by atoms with van der Waals surface area (Å²) in [4.78, 5) is 14.0. The third kappa shape index (κ3) is 4.19. The van der Waals surface area contributed by atoms with Crippen LogP contribution in [0.3, 0.4) is 0 Å². The van der Waals surface area contributed by atoms with Gasteiger partial charge >= 0.3 is 0 Å². The second kappa shape index (κ2) is 7.28. The van der Waals surface area contributed by atoms with Crippen LogP contribution in [0.25, 0.3) is 0 Å². The van der Waals surface area contributed by atoms with Crippen molar-refractivity contribution in [3.8, 4) is 5.75 Å². The zero-order valence-corrected chi connectivity index (χ0v) is 16.6. The molecule has 1 aliphatic rings. The molecule has 0 bridgehead atoms. The second-order valence-electron chi connectivity index (χ2n) is 6.64. The SMILES string of the molecule is COc1cc(NC(=O)c2csc3c2CCC(C)C3)ccc1NS(C)(=O)=O. The van der Waals surface area contributed by atoms with Gasteiger partial charge < -0.3 is 10.1 Å². The van der Waals surface area contributed by atoms with Crippen molar-refractivity contribution in [1.82, 2.24) is 0 Å². The Bertz CT molecular complexity index is 935. The Morgan fingerprint density at radius 1 is 1.35 bits per heavy atom. The van der Waals surface area contributed by atoms with E-state index >= 15 is 0 Å². The molecule has 6 nitrogen and oxygen atoms in total. The molecule has 0 spiro atoms. The number of ether oxygens (including phenoxy) is 1. The molecule has 1 aromatic heterocycles. The summed E-state index contributed by atoms with van der Waals surface area (Å²) in [5.41, 5.74) is 2.77. The number of methoxy groups -OCH3 is 1. The molecule has 0 saturated carbocycles. The number of hydrogen-bond donors (Lipinski definition) is 2. The first-order valence-corrected chi connectivity index (χ1v) is 11.1. The molecule has 1 unspecified atom stereocenters. The average Bonchev–Trinajstić information content (AvgIpc) is 2.98. The Balaban J connectivity index is 1.80. The first-order valence-electron chi connectivity index (χ1n) is 8.33. The minimum absolute atomic E-state index is 0.150. The van der Waals surface area contributed by atoms with Gasteiger partial charge in [0.1, 0.15) is 5.75 Å². The second-order valence-corrected chi connectivity index (χ2v) is 9.36. The number of nitrogens with one attached hydrogen (secondary N) is 2. The van der Waals surface area contributed by atoms with Gasteiger partial charge in [-0.05, 0) is 42.9 Å². The lowest BCUT2D eigenvalue weighted by molar-refractivity contribution is 0.102.